The molecular weight excluding hydrogens is 310 g/mol. The van der Waals surface area contributed by atoms with Crippen LogP contribution in [-0.2, 0) is 7.05 Å². The van der Waals surface area contributed by atoms with Crippen LogP contribution in [0.3, 0.4) is 0 Å². The van der Waals surface area contributed by atoms with E-state index in [0.717, 1.165) is 0 Å². The standard InChI is InChI=1S/C10H13BrF2N4O/c1-17-7(15-9(11)16-17)8(18)14-6-2-4-10(12,13)5-3-6/h6H,2-5H2,1H3,(H,14,18). The number of halogens is 3. The molecule has 0 aliphatic heterocycles. The summed E-state index contributed by atoms with van der Waals surface area (Å²) >= 11 is 3.07. The molecule has 1 amide bonds. The first-order valence-corrected chi connectivity index (χ1v) is 6.42. The third-order valence-electron chi connectivity index (χ3n) is 2.99. The molecule has 5 nitrogen and oxygen atoms in total. The van der Waals surface area contributed by atoms with E-state index in [1.807, 2.05) is 0 Å². The Kier molecular flexibility index (Phi) is 3.65. The number of nitrogens with one attached hydrogen (secondary N) is 1. The molecule has 0 saturated heterocycles. The van der Waals surface area contributed by atoms with Crippen LogP contribution in [0.2, 0.25) is 0 Å². The molecule has 1 N–H and O–H groups in total. The fourth-order valence-electron chi connectivity index (χ4n) is 1.99. The fourth-order valence-corrected chi connectivity index (χ4v) is 2.39. The molecule has 100 valence electrons. The van der Waals surface area contributed by atoms with Gasteiger partial charge < -0.3 is 5.32 Å². The molecule has 0 aromatic carbocycles. The van der Waals surface area contributed by atoms with Crippen LogP contribution in [-0.4, -0.2) is 32.6 Å². The van der Waals surface area contributed by atoms with Crippen LogP contribution >= 0.6 is 15.9 Å². The summed E-state index contributed by atoms with van der Waals surface area (Å²) in [5.41, 5.74) is 0. The lowest BCUT2D eigenvalue weighted by Crippen LogP contribution is -2.41. The molecule has 0 atom stereocenters. The molecule has 0 radical (unpaired) electrons. The van der Waals surface area contributed by atoms with Crippen molar-refractivity contribution in [1.82, 2.24) is 20.1 Å². The summed E-state index contributed by atoms with van der Waals surface area (Å²) in [6, 6.07) is -0.215. The SMILES string of the molecule is Cn1nc(Br)nc1C(=O)NC1CCC(F)(F)CC1. The first-order valence-electron chi connectivity index (χ1n) is 5.62. The average molecular weight is 323 g/mol. The number of hydrogen-bond acceptors (Lipinski definition) is 3. The van der Waals surface area contributed by atoms with Crippen molar-refractivity contribution in [3.63, 3.8) is 0 Å². The number of aryl methyl sites for hydroxylation is 1. The van der Waals surface area contributed by atoms with Crippen molar-refractivity contribution in [3.8, 4) is 0 Å². The van der Waals surface area contributed by atoms with Gasteiger partial charge in [-0.25, -0.2) is 13.5 Å². The summed E-state index contributed by atoms with van der Waals surface area (Å²) in [7, 11) is 1.60. The van der Waals surface area contributed by atoms with Gasteiger partial charge in [0.25, 0.3) is 5.91 Å². The number of rotatable bonds is 2. The maximum absolute atomic E-state index is 13.0. The highest BCUT2D eigenvalue weighted by molar-refractivity contribution is 9.10. The van der Waals surface area contributed by atoms with E-state index in [2.05, 4.69) is 31.3 Å². The molecule has 18 heavy (non-hydrogen) atoms. The predicted molar refractivity (Wildman–Crippen MR) is 63.4 cm³/mol. The topological polar surface area (TPSA) is 59.8 Å². The third-order valence-corrected chi connectivity index (χ3v) is 3.33. The Balaban J connectivity index is 1.95. The summed E-state index contributed by atoms with van der Waals surface area (Å²) in [5.74, 6) is -2.81. The number of nitrogens with zero attached hydrogens (tertiary/aromatic N) is 3. The van der Waals surface area contributed by atoms with Crippen molar-refractivity contribution < 1.29 is 13.6 Å². The van der Waals surface area contributed by atoms with Gasteiger partial charge in [0.15, 0.2) is 0 Å². The van der Waals surface area contributed by atoms with Crippen LogP contribution in [0.15, 0.2) is 4.73 Å². The minimum absolute atomic E-state index is 0.166. The lowest BCUT2D eigenvalue weighted by Gasteiger charge is -2.28. The second kappa shape index (κ2) is 4.91. The maximum atomic E-state index is 13.0. The smallest absolute Gasteiger partial charge is 0.289 e. The summed E-state index contributed by atoms with van der Waals surface area (Å²) in [5, 5.41) is 6.60. The number of carbonyl (C=O) groups excluding carboxylic acids is 1. The van der Waals surface area contributed by atoms with Crippen LogP contribution < -0.4 is 5.32 Å². The molecule has 0 unspecified atom stereocenters. The predicted octanol–water partition coefficient (Wildman–Crippen LogP) is 1.89. The minimum atomic E-state index is -2.59. The molecule has 2 rings (SSSR count). The van der Waals surface area contributed by atoms with Crippen LogP contribution in [0.4, 0.5) is 8.78 Å². The van der Waals surface area contributed by atoms with Gasteiger partial charge in [-0.3, -0.25) is 4.79 Å². The van der Waals surface area contributed by atoms with Gasteiger partial charge >= 0.3 is 0 Å². The van der Waals surface area contributed by atoms with Crippen LogP contribution in [0.25, 0.3) is 0 Å². The molecule has 1 aromatic heterocycles. The highest BCUT2D eigenvalue weighted by Gasteiger charge is 2.35. The van der Waals surface area contributed by atoms with Crippen LogP contribution in [0, 0.1) is 0 Å². The second-order valence-electron chi connectivity index (χ2n) is 4.43. The van der Waals surface area contributed by atoms with Crippen molar-refractivity contribution in [3.05, 3.63) is 10.6 Å². The minimum Gasteiger partial charge on any atom is -0.347 e. The molecule has 1 saturated carbocycles. The van der Waals surface area contributed by atoms with Gasteiger partial charge in [-0.15, -0.1) is 5.10 Å². The Morgan fingerprint density at radius 1 is 1.50 bits per heavy atom. The molecule has 8 heteroatoms. The lowest BCUT2D eigenvalue weighted by molar-refractivity contribution is -0.0399. The normalized spacial score (nSPS) is 19.8. The van der Waals surface area contributed by atoms with Gasteiger partial charge in [0, 0.05) is 25.9 Å². The Hall–Kier alpha value is -1.05. The summed E-state index contributed by atoms with van der Waals surface area (Å²) in [6.07, 6.45) is 0.219. The lowest BCUT2D eigenvalue weighted by atomic mass is 9.92. The average Bonchev–Trinajstić information content (AvgIpc) is 2.61. The van der Waals surface area contributed by atoms with E-state index in [0.29, 0.717) is 4.73 Å². The van der Waals surface area contributed by atoms with Crippen molar-refractivity contribution in [1.29, 1.82) is 0 Å². The van der Waals surface area contributed by atoms with Gasteiger partial charge in [-0.05, 0) is 28.8 Å². The summed E-state index contributed by atoms with van der Waals surface area (Å²) in [6.45, 7) is 0. The second-order valence-corrected chi connectivity index (χ2v) is 5.14. The molecule has 1 aliphatic rings. The van der Waals surface area contributed by atoms with E-state index in [-0.39, 0.29) is 43.5 Å². The number of aromatic nitrogens is 3. The quantitative estimate of drug-likeness (QED) is 0.904. The number of carbonyl (C=O) groups is 1. The van der Waals surface area contributed by atoms with Crippen molar-refractivity contribution in [2.75, 3.05) is 0 Å². The molecule has 1 aliphatic carbocycles. The van der Waals surface area contributed by atoms with Crippen molar-refractivity contribution >= 4 is 21.8 Å². The van der Waals surface area contributed by atoms with Gasteiger partial charge in [-0.2, -0.15) is 4.98 Å². The van der Waals surface area contributed by atoms with Crippen molar-refractivity contribution in [2.45, 2.75) is 37.6 Å². The molecule has 1 aromatic rings. The molecular formula is C10H13BrF2N4O. The largest absolute Gasteiger partial charge is 0.347 e. The first kappa shape index (κ1) is 13.4. The van der Waals surface area contributed by atoms with Crippen LogP contribution in [0.5, 0.6) is 0 Å². The monoisotopic (exact) mass is 322 g/mol. The summed E-state index contributed by atoms with van der Waals surface area (Å²) < 4.78 is 27.6. The Morgan fingerprint density at radius 2 is 2.11 bits per heavy atom. The number of amides is 1. The van der Waals surface area contributed by atoms with Gasteiger partial charge in [0.2, 0.25) is 16.5 Å². The van der Waals surface area contributed by atoms with Crippen molar-refractivity contribution in [2.24, 2.45) is 7.05 Å². The van der Waals surface area contributed by atoms with E-state index in [4.69, 9.17) is 0 Å². The fraction of sp³-hybridized carbons (Fsp3) is 0.700. The summed E-state index contributed by atoms with van der Waals surface area (Å²) in [4.78, 5) is 15.8. The Morgan fingerprint density at radius 3 is 2.61 bits per heavy atom. The zero-order valence-electron chi connectivity index (χ0n) is 9.79. The zero-order chi connectivity index (χ0) is 13.3. The highest BCUT2D eigenvalue weighted by atomic mass is 79.9. The van der Waals surface area contributed by atoms with E-state index in [1.165, 1.54) is 4.68 Å². The first-order chi connectivity index (χ1) is 8.37. The maximum Gasteiger partial charge on any atom is 0.289 e. The van der Waals surface area contributed by atoms with E-state index >= 15 is 0 Å². The number of alkyl halides is 2. The molecule has 1 heterocycles. The Labute approximate surface area is 111 Å². The zero-order valence-corrected chi connectivity index (χ0v) is 11.4. The van der Waals surface area contributed by atoms with E-state index < -0.39 is 5.92 Å². The molecule has 0 bridgehead atoms. The number of hydrogen-bond donors (Lipinski definition) is 1. The van der Waals surface area contributed by atoms with E-state index in [9.17, 15) is 13.6 Å². The van der Waals surface area contributed by atoms with Gasteiger partial charge in [-0.1, -0.05) is 0 Å². The third kappa shape index (κ3) is 3.04. The molecule has 0 spiro atoms. The highest BCUT2D eigenvalue weighted by Crippen LogP contribution is 2.33. The van der Waals surface area contributed by atoms with Gasteiger partial charge in [0.05, 0.1) is 0 Å². The Bertz CT molecular complexity index is 453. The molecule has 1 fully saturated rings. The van der Waals surface area contributed by atoms with Crippen LogP contribution in [0.1, 0.15) is 36.3 Å². The van der Waals surface area contributed by atoms with E-state index in [1.54, 1.807) is 7.05 Å². The van der Waals surface area contributed by atoms with Gasteiger partial charge in [0.1, 0.15) is 0 Å².